The zero-order chi connectivity index (χ0) is 14.7. The average Bonchev–Trinajstić information content (AvgIpc) is 2.91. The first-order chi connectivity index (χ1) is 10.3. The van der Waals surface area contributed by atoms with Crippen LogP contribution in [0.1, 0.15) is 30.5 Å². The van der Waals surface area contributed by atoms with E-state index < -0.39 is 0 Å². The Labute approximate surface area is 124 Å². The zero-order valence-corrected chi connectivity index (χ0v) is 12.1. The molecule has 2 heterocycles. The number of halogens is 1. The van der Waals surface area contributed by atoms with Crippen molar-refractivity contribution in [3.05, 3.63) is 59.7 Å². The normalized spacial score (nSPS) is 18.1. The minimum absolute atomic E-state index is 0.0300. The minimum Gasteiger partial charge on any atom is -0.488 e. The number of ether oxygens (including phenoxy) is 1. The lowest BCUT2D eigenvalue weighted by Crippen LogP contribution is -2.35. The highest BCUT2D eigenvalue weighted by molar-refractivity contribution is 5.38. The monoisotopic (exact) mass is 286 g/mol. The number of aromatic nitrogens is 1. The smallest absolute Gasteiger partial charge is 0.141 e. The third-order valence-corrected chi connectivity index (χ3v) is 3.74. The summed E-state index contributed by atoms with van der Waals surface area (Å²) in [5.41, 5.74) is 2.04. The number of nitrogens with zero attached hydrogens (tertiary/aromatic N) is 1. The summed E-state index contributed by atoms with van der Waals surface area (Å²) >= 11 is 0. The molecule has 0 saturated carbocycles. The lowest BCUT2D eigenvalue weighted by Gasteiger charge is -2.24. The molecule has 2 aromatic rings. The van der Waals surface area contributed by atoms with Gasteiger partial charge in [-0.15, -0.1) is 0 Å². The first kappa shape index (κ1) is 14.0. The standard InChI is InChI=1S/C17H19FN2O/c1-2-7-20-17(13-8-14(18)11-19-10-13)16-9-12-5-3-4-6-15(12)21-16/h3-6,8,10-11,16-17,20H,2,7,9H2,1H3. The number of fused-ring (bicyclic) bond motifs is 1. The molecule has 21 heavy (non-hydrogen) atoms. The van der Waals surface area contributed by atoms with Gasteiger partial charge >= 0.3 is 0 Å². The van der Waals surface area contributed by atoms with Gasteiger partial charge in [0.15, 0.2) is 0 Å². The summed E-state index contributed by atoms with van der Waals surface area (Å²) in [6, 6.07) is 9.53. The van der Waals surface area contributed by atoms with Gasteiger partial charge in [0, 0.05) is 12.6 Å². The van der Waals surface area contributed by atoms with Crippen molar-refractivity contribution in [1.82, 2.24) is 10.3 Å². The van der Waals surface area contributed by atoms with E-state index in [-0.39, 0.29) is 18.0 Å². The molecule has 0 bridgehead atoms. The van der Waals surface area contributed by atoms with Crippen molar-refractivity contribution < 1.29 is 9.13 Å². The highest BCUT2D eigenvalue weighted by Gasteiger charge is 2.31. The number of benzene rings is 1. The van der Waals surface area contributed by atoms with Crippen LogP contribution in [-0.2, 0) is 6.42 Å². The van der Waals surface area contributed by atoms with Gasteiger partial charge in [-0.1, -0.05) is 25.1 Å². The van der Waals surface area contributed by atoms with Gasteiger partial charge in [-0.3, -0.25) is 4.98 Å². The van der Waals surface area contributed by atoms with E-state index in [1.165, 1.54) is 17.8 Å². The highest BCUT2D eigenvalue weighted by Crippen LogP contribution is 2.34. The summed E-state index contributed by atoms with van der Waals surface area (Å²) in [5, 5.41) is 3.46. The largest absolute Gasteiger partial charge is 0.488 e. The predicted octanol–water partition coefficient (Wildman–Crippen LogP) is 3.27. The van der Waals surface area contributed by atoms with E-state index in [1.54, 1.807) is 6.20 Å². The molecule has 1 aliphatic heterocycles. The molecule has 1 aromatic carbocycles. The third kappa shape index (κ3) is 3.05. The van der Waals surface area contributed by atoms with E-state index in [4.69, 9.17) is 4.74 Å². The number of nitrogens with one attached hydrogen (secondary N) is 1. The number of rotatable bonds is 5. The van der Waals surface area contributed by atoms with Gasteiger partial charge in [0.2, 0.25) is 0 Å². The summed E-state index contributed by atoms with van der Waals surface area (Å²) in [7, 11) is 0. The van der Waals surface area contributed by atoms with Gasteiger partial charge in [-0.2, -0.15) is 0 Å². The van der Waals surface area contributed by atoms with Crippen LogP contribution in [0.3, 0.4) is 0 Å². The maximum absolute atomic E-state index is 13.5. The Bertz CT molecular complexity index is 592. The van der Waals surface area contributed by atoms with Crippen LogP contribution in [0.4, 0.5) is 4.39 Å². The second kappa shape index (κ2) is 6.22. The van der Waals surface area contributed by atoms with Crippen LogP contribution in [-0.4, -0.2) is 17.6 Å². The molecule has 2 atom stereocenters. The van der Waals surface area contributed by atoms with Gasteiger partial charge < -0.3 is 10.1 Å². The van der Waals surface area contributed by atoms with Crippen LogP contribution >= 0.6 is 0 Å². The Balaban J connectivity index is 1.84. The topological polar surface area (TPSA) is 34.2 Å². The molecular formula is C17H19FN2O. The number of para-hydroxylation sites is 1. The van der Waals surface area contributed by atoms with E-state index in [0.717, 1.165) is 30.7 Å². The van der Waals surface area contributed by atoms with Crippen molar-refractivity contribution in [1.29, 1.82) is 0 Å². The Morgan fingerprint density at radius 3 is 3.00 bits per heavy atom. The van der Waals surface area contributed by atoms with Gasteiger partial charge in [-0.05, 0) is 36.2 Å². The number of hydrogen-bond acceptors (Lipinski definition) is 3. The summed E-state index contributed by atoms with van der Waals surface area (Å²) in [4.78, 5) is 3.96. The second-order valence-corrected chi connectivity index (χ2v) is 5.34. The predicted molar refractivity (Wildman–Crippen MR) is 79.8 cm³/mol. The first-order valence-corrected chi connectivity index (χ1v) is 7.36. The second-order valence-electron chi connectivity index (χ2n) is 5.34. The molecule has 0 spiro atoms. The van der Waals surface area contributed by atoms with Crippen LogP contribution in [0.15, 0.2) is 42.7 Å². The molecular weight excluding hydrogens is 267 g/mol. The van der Waals surface area contributed by atoms with Gasteiger partial charge in [0.1, 0.15) is 17.7 Å². The van der Waals surface area contributed by atoms with Crippen molar-refractivity contribution in [2.75, 3.05) is 6.54 Å². The molecule has 2 unspecified atom stereocenters. The maximum atomic E-state index is 13.5. The van der Waals surface area contributed by atoms with Crippen LogP contribution in [0.2, 0.25) is 0 Å². The number of pyridine rings is 1. The molecule has 0 aliphatic carbocycles. The number of hydrogen-bond donors (Lipinski definition) is 1. The quantitative estimate of drug-likeness (QED) is 0.916. The van der Waals surface area contributed by atoms with Gasteiger partial charge in [0.05, 0.1) is 12.2 Å². The fourth-order valence-corrected chi connectivity index (χ4v) is 2.76. The van der Waals surface area contributed by atoms with Crippen molar-refractivity contribution >= 4 is 0 Å². The highest BCUT2D eigenvalue weighted by atomic mass is 19.1. The Hall–Kier alpha value is -1.94. The molecule has 0 amide bonds. The molecule has 3 nitrogen and oxygen atoms in total. The van der Waals surface area contributed by atoms with Crippen molar-refractivity contribution in [2.45, 2.75) is 31.9 Å². The van der Waals surface area contributed by atoms with Gasteiger partial charge in [0.25, 0.3) is 0 Å². The van der Waals surface area contributed by atoms with Crippen LogP contribution in [0.25, 0.3) is 0 Å². The maximum Gasteiger partial charge on any atom is 0.141 e. The molecule has 1 aromatic heterocycles. The van der Waals surface area contributed by atoms with E-state index in [2.05, 4.69) is 23.3 Å². The van der Waals surface area contributed by atoms with Crippen molar-refractivity contribution in [3.63, 3.8) is 0 Å². The van der Waals surface area contributed by atoms with Crippen LogP contribution < -0.4 is 10.1 Å². The molecule has 1 N–H and O–H groups in total. The van der Waals surface area contributed by atoms with E-state index in [1.807, 2.05) is 18.2 Å². The Morgan fingerprint density at radius 1 is 1.38 bits per heavy atom. The average molecular weight is 286 g/mol. The summed E-state index contributed by atoms with van der Waals surface area (Å²) in [5.74, 6) is 0.612. The molecule has 4 heteroatoms. The van der Waals surface area contributed by atoms with E-state index >= 15 is 0 Å². The summed E-state index contributed by atoms with van der Waals surface area (Å²) in [6.45, 7) is 2.97. The first-order valence-electron chi connectivity index (χ1n) is 7.36. The van der Waals surface area contributed by atoms with Crippen LogP contribution in [0.5, 0.6) is 5.75 Å². The third-order valence-electron chi connectivity index (χ3n) is 3.74. The zero-order valence-electron chi connectivity index (χ0n) is 12.1. The minimum atomic E-state index is -0.314. The van der Waals surface area contributed by atoms with Crippen molar-refractivity contribution in [2.24, 2.45) is 0 Å². The lowest BCUT2D eigenvalue weighted by atomic mass is 9.98. The van der Waals surface area contributed by atoms with E-state index in [0.29, 0.717) is 0 Å². The SMILES string of the molecule is CCCNC(c1cncc(F)c1)C1Cc2ccccc2O1. The molecule has 3 rings (SSSR count). The molecule has 0 saturated heterocycles. The van der Waals surface area contributed by atoms with Crippen LogP contribution in [0, 0.1) is 5.82 Å². The molecule has 1 aliphatic rings. The van der Waals surface area contributed by atoms with E-state index in [9.17, 15) is 4.39 Å². The molecule has 0 radical (unpaired) electrons. The molecule has 0 fully saturated rings. The van der Waals surface area contributed by atoms with Crippen molar-refractivity contribution in [3.8, 4) is 5.75 Å². The Kier molecular flexibility index (Phi) is 4.15. The fourth-order valence-electron chi connectivity index (χ4n) is 2.76. The lowest BCUT2D eigenvalue weighted by molar-refractivity contribution is 0.178. The Morgan fingerprint density at radius 2 is 2.24 bits per heavy atom. The summed E-state index contributed by atoms with van der Waals surface area (Å²) in [6.07, 6.45) is 4.75. The summed E-state index contributed by atoms with van der Waals surface area (Å²) < 4.78 is 19.5. The molecule has 110 valence electrons. The fraction of sp³-hybridized carbons (Fsp3) is 0.353. The van der Waals surface area contributed by atoms with Gasteiger partial charge in [-0.25, -0.2) is 4.39 Å².